The number of hydrogen-bond acceptors (Lipinski definition) is 7. The summed E-state index contributed by atoms with van der Waals surface area (Å²) in [5, 5.41) is 14.6. The number of aromatic nitrogens is 2. The summed E-state index contributed by atoms with van der Waals surface area (Å²) in [6, 6.07) is -1.39. The summed E-state index contributed by atoms with van der Waals surface area (Å²) in [6.07, 6.45) is -2.78. The molecule has 2 aliphatic heterocycles. The molecule has 8 nitrogen and oxygen atoms in total. The number of aliphatic hydroxyl groups excluding tert-OH is 1. The van der Waals surface area contributed by atoms with E-state index in [0.29, 0.717) is 19.3 Å². The fourth-order valence-corrected chi connectivity index (χ4v) is 6.95. The average Bonchev–Trinajstić information content (AvgIpc) is 3.70. The number of anilines is 1. The van der Waals surface area contributed by atoms with Crippen LogP contribution in [0.4, 0.5) is 27.8 Å². The number of hydrogen-bond donors (Lipinski definition) is 3. The van der Waals surface area contributed by atoms with Crippen molar-refractivity contribution in [2.45, 2.75) is 101 Å². The second-order valence-electron chi connectivity index (χ2n) is 10.6. The Morgan fingerprint density at radius 3 is 2.38 bits per heavy atom. The van der Waals surface area contributed by atoms with Crippen molar-refractivity contribution in [3.05, 3.63) is 28.5 Å². The monoisotopic (exact) mass is 587 g/mol. The van der Waals surface area contributed by atoms with Crippen molar-refractivity contribution in [3.8, 4) is 10.4 Å². The van der Waals surface area contributed by atoms with Gasteiger partial charge in [-0.05, 0) is 57.4 Å². The highest BCUT2D eigenvalue weighted by atomic mass is 32.1. The van der Waals surface area contributed by atoms with Gasteiger partial charge in [-0.1, -0.05) is 6.92 Å². The maximum atomic E-state index is 14.3. The maximum absolute atomic E-state index is 14.3. The van der Waals surface area contributed by atoms with E-state index < -0.39 is 42.1 Å². The highest BCUT2D eigenvalue weighted by Gasteiger charge is 2.44. The van der Waals surface area contributed by atoms with Gasteiger partial charge in [0.2, 0.25) is 0 Å². The zero-order valence-electron chi connectivity index (χ0n) is 21.7. The van der Waals surface area contributed by atoms with Crippen LogP contribution in [0.3, 0.4) is 0 Å². The van der Waals surface area contributed by atoms with Crippen molar-refractivity contribution in [1.29, 1.82) is 0 Å². The molecule has 14 heteroatoms. The molecule has 1 aliphatic carbocycles. The van der Waals surface area contributed by atoms with Gasteiger partial charge in [-0.15, -0.1) is 11.3 Å². The minimum atomic E-state index is -4.61. The molecule has 0 spiro atoms. The maximum Gasteiger partial charge on any atom is 0.408 e. The fourth-order valence-electron chi connectivity index (χ4n) is 5.96. The summed E-state index contributed by atoms with van der Waals surface area (Å²) >= 11 is 0.768. The molecule has 3 N–H and O–H groups in total. The van der Waals surface area contributed by atoms with E-state index in [4.69, 9.17) is 0 Å². The summed E-state index contributed by atoms with van der Waals surface area (Å²) in [7, 11) is 0. The van der Waals surface area contributed by atoms with Crippen molar-refractivity contribution in [3.63, 3.8) is 0 Å². The molecule has 0 radical (unpaired) electrons. The van der Waals surface area contributed by atoms with Crippen molar-refractivity contribution in [2.24, 2.45) is 0 Å². The number of carbonyl (C=O) groups excluding carboxylic acids is 2. The van der Waals surface area contributed by atoms with Crippen LogP contribution in [0.5, 0.6) is 0 Å². The average molecular weight is 588 g/mol. The molecule has 4 heterocycles. The molecule has 2 amide bonds. The Morgan fingerprint density at radius 1 is 1.15 bits per heavy atom. The van der Waals surface area contributed by atoms with E-state index in [2.05, 4.69) is 20.6 Å². The van der Waals surface area contributed by atoms with E-state index in [1.165, 1.54) is 6.92 Å². The predicted octanol–water partition coefficient (Wildman–Crippen LogP) is 5.31. The van der Waals surface area contributed by atoms with Crippen LogP contribution in [-0.2, 0) is 0 Å². The minimum absolute atomic E-state index is 0.0110. The van der Waals surface area contributed by atoms with Gasteiger partial charge >= 0.3 is 6.18 Å². The lowest BCUT2D eigenvalue weighted by atomic mass is 10.0. The lowest BCUT2D eigenvalue weighted by Crippen LogP contribution is -2.36. The number of aliphatic hydroxyl groups is 1. The van der Waals surface area contributed by atoms with Gasteiger partial charge in [0.05, 0.1) is 11.0 Å². The summed E-state index contributed by atoms with van der Waals surface area (Å²) in [4.78, 5) is 36.8. The van der Waals surface area contributed by atoms with E-state index in [0.717, 1.165) is 49.3 Å². The molecule has 40 heavy (non-hydrogen) atoms. The second-order valence-corrected chi connectivity index (χ2v) is 11.6. The van der Waals surface area contributed by atoms with Gasteiger partial charge in [0.1, 0.15) is 17.6 Å². The molecule has 3 aliphatic rings. The van der Waals surface area contributed by atoms with Crippen LogP contribution >= 0.6 is 11.3 Å². The minimum Gasteiger partial charge on any atom is -0.393 e. The number of pyridine rings is 1. The Hall–Kier alpha value is -2.87. The third kappa shape index (κ3) is 5.65. The van der Waals surface area contributed by atoms with E-state index in [-0.39, 0.29) is 51.5 Å². The van der Waals surface area contributed by atoms with Crippen molar-refractivity contribution >= 4 is 29.0 Å². The number of carbonyl (C=O) groups is 2. The first kappa shape index (κ1) is 28.7. The molecule has 2 aromatic rings. The van der Waals surface area contributed by atoms with E-state index in [9.17, 15) is 36.6 Å². The zero-order chi connectivity index (χ0) is 28.8. The largest absolute Gasteiger partial charge is 0.408 e. The first-order chi connectivity index (χ1) is 19.0. The molecule has 2 saturated heterocycles. The Morgan fingerprint density at radius 2 is 1.82 bits per heavy atom. The topological polar surface area (TPSA) is 107 Å². The molecule has 2 bridgehead atoms. The second kappa shape index (κ2) is 11.2. The Balaban J connectivity index is 1.52. The molecule has 1 saturated carbocycles. The third-order valence-corrected chi connectivity index (χ3v) is 9.08. The number of nitrogens with zero attached hydrogens (tertiary/aromatic N) is 3. The van der Waals surface area contributed by atoms with Crippen LogP contribution in [0.1, 0.15) is 90.6 Å². The van der Waals surface area contributed by atoms with Crippen molar-refractivity contribution in [1.82, 2.24) is 20.2 Å². The molecule has 5 rings (SSSR count). The first-order valence-corrected chi connectivity index (χ1v) is 14.2. The number of rotatable bonds is 8. The molecule has 3 fully saturated rings. The highest BCUT2D eigenvalue weighted by Crippen LogP contribution is 2.42. The van der Waals surface area contributed by atoms with E-state index in [1.807, 2.05) is 0 Å². The van der Waals surface area contributed by atoms with Crippen LogP contribution in [-0.4, -0.2) is 68.2 Å². The van der Waals surface area contributed by atoms with Gasteiger partial charge in [-0.3, -0.25) is 9.59 Å². The lowest BCUT2D eigenvalue weighted by Gasteiger charge is -2.22. The van der Waals surface area contributed by atoms with Crippen molar-refractivity contribution in [2.75, 3.05) is 5.32 Å². The molecule has 3 atom stereocenters. The molecule has 218 valence electrons. The highest BCUT2D eigenvalue weighted by molar-refractivity contribution is 7.17. The summed E-state index contributed by atoms with van der Waals surface area (Å²) < 4.78 is 68.4. The van der Waals surface area contributed by atoms with Gasteiger partial charge in [-0.2, -0.15) is 13.2 Å². The first-order valence-electron chi connectivity index (χ1n) is 13.4. The smallest absolute Gasteiger partial charge is 0.393 e. The van der Waals surface area contributed by atoms with Gasteiger partial charge in [0, 0.05) is 35.4 Å². The molecular weight excluding hydrogens is 557 g/mol. The molecular formula is C26H30F5N5O3S. The summed E-state index contributed by atoms with van der Waals surface area (Å²) in [5.74, 6) is -1.43. The van der Waals surface area contributed by atoms with E-state index in [1.54, 1.807) is 4.90 Å². The van der Waals surface area contributed by atoms with Crippen LogP contribution in [0.25, 0.3) is 10.4 Å². The molecule has 2 aromatic heterocycles. The number of amides is 2. The third-order valence-electron chi connectivity index (χ3n) is 7.99. The normalized spacial score (nSPS) is 25.1. The van der Waals surface area contributed by atoms with Crippen LogP contribution in [0.2, 0.25) is 0 Å². The number of thiazole rings is 1. The number of alkyl halides is 5. The Bertz CT molecular complexity index is 1250. The molecule has 0 aromatic carbocycles. The van der Waals surface area contributed by atoms with E-state index >= 15 is 0 Å². The fraction of sp³-hybridized carbons (Fsp3) is 0.615. The van der Waals surface area contributed by atoms with Gasteiger partial charge in [0.25, 0.3) is 18.2 Å². The zero-order valence-corrected chi connectivity index (χ0v) is 22.5. The van der Waals surface area contributed by atoms with Gasteiger partial charge in [0.15, 0.2) is 5.01 Å². The number of nitrogens with one attached hydrogen (secondary N) is 2. The van der Waals surface area contributed by atoms with Crippen LogP contribution < -0.4 is 10.6 Å². The predicted molar refractivity (Wildman–Crippen MR) is 137 cm³/mol. The van der Waals surface area contributed by atoms with Crippen LogP contribution in [0.15, 0.2) is 12.3 Å². The standard InChI is InChI=1S/C26H30F5N5O3S/c1-2-18(26(29,30)31)34-19-10-16(22(27)28)17(11-32-19)21-20(25(39)36-13-4-5-14(36)7-6-13)35-24(40-21)23(38)33-12-3-8-15(37)9-12/h10-15,18,22,37H,2-9H2,1H3,(H,32,34)(H,33,38)/t12-,13?,14?,15-,18-/m0/s1. The Kier molecular flexibility index (Phi) is 8.01. The van der Waals surface area contributed by atoms with Gasteiger partial charge in [-0.25, -0.2) is 18.7 Å². The lowest BCUT2D eigenvalue weighted by molar-refractivity contribution is -0.142. The quantitative estimate of drug-likeness (QED) is 0.362. The molecule has 0 unspecified atom stereocenters. The number of fused-ring (bicyclic) bond motifs is 2. The van der Waals surface area contributed by atoms with Crippen LogP contribution in [0, 0.1) is 0 Å². The van der Waals surface area contributed by atoms with Gasteiger partial charge < -0.3 is 20.6 Å². The summed E-state index contributed by atoms with van der Waals surface area (Å²) in [5.41, 5.74) is -0.933. The number of halogens is 5. The Labute approximate surface area is 231 Å². The summed E-state index contributed by atoms with van der Waals surface area (Å²) in [6.45, 7) is 1.31. The SMILES string of the molecule is CC[C@H](Nc1cc(C(F)F)c(-c2sc(C(=O)N[C@H]3CC[C@H](O)C3)nc2C(=O)N2C3CCC2CC3)cn1)C(F)(F)F. The van der Waals surface area contributed by atoms with Crippen molar-refractivity contribution < 1.29 is 36.6 Å².